The molecule has 0 unspecified atom stereocenters. The summed E-state index contributed by atoms with van der Waals surface area (Å²) in [5.74, 6) is -0.748. The summed E-state index contributed by atoms with van der Waals surface area (Å²) in [6.45, 7) is 6.08. The minimum Gasteiger partial charge on any atom is -0.466 e. The van der Waals surface area contributed by atoms with Crippen molar-refractivity contribution in [2.45, 2.75) is 33.0 Å². The van der Waals surface area contributed by atoms with Crippen molar-refractivity contribution in [3.63, 3.8) is 0 Å². The molecule has 0 saturated heterocycles. The number of rotatable bonds is 10. The van der Waals surface area contributed by atoms with E-state index < -0.39 is 5.92 Å². The van der Waals surface area contributed by atoms with E-state index in [4.69, 9.17) is 18.9 Å². The van der Waals surface area contributed by atoms with E-state index in [9.17, 15) is 4.79 Å². The van der Waals surface area contributed by atoms with Gasteiger partial charge in [0.25, 0.3) is 0 Å². The average molecular weight is 324 g/mol. The van der Waals surface area contributed by atoms with Crippen molar-refractivity contribution in [2.24, 2.45) is 11.8 Å². The fourth-order valence-electron chi connectivity index (χ4n) is 2.78. The number of benzene rings is 1. The van der Waals surface area contributed by atoms with Crippen LogP contribution in [-0.2, 0) is 23.7 Å². The first-order chi connectivity index (χ1) is 11.1. The van der Waals surface area contributed by atoms with Crippen molar-refractivity contribution < 1.29 is 23.7 Å². The van der Waals surface area contributed by atoms with E-state index in [1.807, 2.05) is 44.2 Å². The Morgan fingerprint density at radius 2 is 1.78 bits per heavy atom. The molecule has 0 N–H and O–H groups in total. The molecule has 23 heavy (non-hydrogen) atoms. The Kier molecular flexibility index (Phi) is 8.84. The molecule has 0 aliphatic carbocycles. The highest BCUT2D eigenvalue weighted by Crippen LogP contribution is 2.32. The number of hydrogen-bond donors (Lipinski definition) is 0. The zero-order valence-corrected chi connectivity index (χ0v) is 14.7. The average Bonchev–Trinajstić information content (AvgIpc) is 2.57. The van der Waals surface area contributed by atoms with Crippen LogP contribution in [0.2, 0.25) is 0 Å². The second-order valence-electron chi connectivity index (χ2n) is 5.50. The lowest BCUT2D eigenvalue weighted by molar-refractivity contribution is -0.166. The molecule has 0 spiro atoms. The zero-order valence-electron chi connectivity index (χ0n) is 14.7. The minimum atomic E-state index is -0.415. The summed E-state index contributed by atoms with van der Waals surface area (Å²) >= 11 is 0. The maximum absolute atomic E-state index is 12.1. The van der Waals surface area contributed by atoms with E-state index in [2.05, 4.69) is 0 Å². The molecule has 0 heterocycles. The van der Waals surface area contributed by atoms with Crippen molar-refractivity contribution in [3.8, 4) is 0 Å². The van der Waals surface area contributed by atoms with Gasteiger partial charge in [-0.15, -0.1) is 0 Å². The maximum Gasteiger partial charge on any atom is 0.311 e. The summed E-state index contributed by atoms with van der Waals surface area (Å²) in [5.41, 5.74) is 1.05. The standard InChI is InChI=1S/C18H28O5/c1-6-22-18(19)14(3)16(23-12-20-4)13(2)17(21-5)15-10-8-7-9-11-15/h7-11,13-14,16-17H,6,12H2,1-5H3/t13-,14+,16+,17+/m1/s1. The Morgan fingerprint density at radius 3 is 2.30 bits per heavy atom. The molecule has 5 nitrogen and oxygen atoms in total. The molecule has 0 fully saturated rings. The topological polar surface area (TPSA) is 54.0 Å². The monoisotopic (exact) mass is 324 g/mol. The minimum absolute atomic E-state index is 0.0584. The van der Waals surface area contributed by atoms with Gasteiger partial charge in [0.1, 0.15) is 6.79 Å². The zero-order chi connectivity index (χ0) is 17.2. The van der Waals surface area contributed by atoms with Gasteiger partial charge in [-0.1, -0.05) is 37.3 Å². The van der Waals surface area contributed by atoms with Crippen LogP contribution < -0.4 is 0 Å². The first kappa shape index (κ1) is 19.6. The van der Waals surface area contributed by atoms with Crippen molar-refractivity contribution in [1.82, 2.24) is 0 Å². The molecular formula is C18H28O5. The van der Waals surface area contributed by atoms with Gasteiger partial charge in [-0.25, -0.2) is 0 Å². The van der Waals surface area contributed by atoms with Crippen molar-refractivity contribution in [1.29, 1.82) is 0 Å². The first-order valence-corrected chi connectivity index (χ1v) is 7.91. The highest BCUT2D eigenvalue weighted by Gasteiger charge is 2.35. The number of esters is 1. The Bertz CT molecular complexity index is 448. The number of carbonyl (C=O) groups is 1. The second-order valence-corrected chi connectivity index (χ2v) is 5.50. The number of ether oxygens (including phenoxy) is 4. The van der Waals surface area contributed by atoms with Crippen LogP contribution >= 0.6 is 0 Å². The van der Waals surface area contributed by atoms with E-state index in [1.165, 1.54) is 0 Å². The molecule has 0 aromatic heterocycles. The van der Waals surface area contributed by atoms with Crippen molar-refractivity contribution in [3.05, 3.63) is 35.9 Å². The lowest BCUT2D eigenvalue weighted by atomic mass is 9.86. The summed E-state index contributed by atoms with van der Waals surface area (Å²) in [7, 11) is 3.22. The summed E-state index contributed by atoms with van der Waals surface area (Å²) in [5, 5.41) is 0. The summed E-state index contributed by atoms with van der Waals surface area (Å²) < 4.78 is 21.6. The Morgan fingerprint density at radius 1 is 1.13 bits per heavy atom. The van der Waals surface area contributed by atoms with E-state index in [0.717, 1.165) is 5.56 Å². The molecular weight excluding hydrogens is 296 g/mol. The lowest BCUT2D eigenvalue weighted by Gasteiger charge is -2.33. The predicted octanol–water partition coefficient (Wildman–Crippen LogP) is 3.20. The van der Waals surface area contributed by atoms with Crippen LogP contribution in [0.3, 0.4) is 0 Å². The van der Waals surface area contributed by atoms with Gasteiger partial charge < -0.3 is 18.9 Å². The molecule has 0 saturated carbocycles. The van der Waals surface area contributed by atoms with Gasteiger partial charge in [-0.2, -0.15) is 0 Å². The molecule has 1 rings (SSSR count). The SMILES string of the molecule is CCOC(=O)[C@@H](C)[C@@H](OCOC)[C@@H](C)[C@H](OC)c1ccccc1. The molecule has 4 atom stereocenters. The molecule has 0 radical (unpaired) electrons. The van der Waals surface area contributed by atoms with Crippen LogP contribution in [0.5, 0.6) is 0 Å². The van der Waals surface area contributed by atoms with Gasteiger partial charge in [0, 0.05) is 20.1 Å². The molecule has 5 heteroatoms. The largest absolute Gasteiger partial charge is 0.466 e. The van der Waals surface area contributed by atoms with Gasteiger partial charge in [-0.3, -0.25) is 4.79 Å². The van der Waals surface area contributed by atoms with Gasteiger partial charge in [0.2, 0.25) is 0 Å². The Balaban J connectivity index is 2.96. The van der Waals surface area contributed by atoms with Crippen LogP contribution in [0, 0.1) is 11.8 Å². The number of methoxy groups -OCH3 is 2. The Hall–Kier alpha value is -1.43. The quantitative estimate of drug-likeness (QED) is 0.489. The highest BCUT2D eigenvalue weighted by molar-refractivity contribution is 5.72. The fraction of sp³-hybridized carbons (Fsp3) is 0.611. The van der Waals surface area contributed by atoms with Crippen LogP contribution in [0.4, 0.5) is 0 Å². The van der Waals surface area contributed by atoms with Gasteiger partial charge in [0.05, 0.1) is 24.7 Å². The third-order valence-electron chi connectivity index (χ3n) is 3.91. The van der Waals surface area contributed by atoms with E-state index in [-0.39, 0.29) is 30.9 Å². The molecule has 0 amide bonds. The summed E-state index contributed by atoms with van der Waals surface area (Å²) in [6.07, 6.45) is -0.561. The van der Waals surface area contributed by atoms with Gasteiger partial charge in [0.15, 0.2) is 0 Å². The van der Waals surface area contributed by atoms with Crippen LogP contribution in [0.25, 0.3) is 0 Å². The van der Waals surface area contributed by atoms with E-state index in [0.29, 0.717) is 6.61 Å². The fourth-order valence-corrected chi connectivity index (χ4v) is 2.78. The van der Waals surface area contributed by atoms with E-state index >= 15 is 0 Å². The molecule has 0 bridgehead atoms. The maximum atomic E-state index is 12.1. The highest BCUT2D eigenvalue weighted by atomic mass is 16.7. The normalized spacial score (nSPS) is 16.4. The van der Waals surface area contributed by atoms with Crippen LogP contribution in [-0.4, -0.2) is 39.7 Å². The third-order valence-corrected chi connectivity index (χ3v) is 3.91. The second kappa shape index (κ2) is 10.4. The number of hydrogen-bond acceptors (Lipinski definition) is 5. The van der Waals surface area contributed by atoms with Crippen molar-refractivity contribution in [2.75, 3.05) is 27.6 Å². The summed E-state index contributed by atoms with van der Waals surface area (Å²) in [6, 6.07) is 9.91. The number of carbonyl (C=O) groups excluding carboxylic acids is 1. The summed E-state index contributed by atoms with van der Waals surface area (Å²) in [4.78, 5) is 12.1. The Labute approximate surface area is 138 Å². The molecule has 1 aromatic rings. The van der Waals surface area contributed by atoms with Crippen molar-refractivity contribution >= 4 is 5.97 Å². The van der Waals surface area contributed by atoms with Crippen LogP contribution in [0.15, 0.2) is 30.3 Å². The van der Waals surface area contributed by atoms with Crippen LogP contribution in [0.1, 0.15) is 32.4 Å². The third kappa shape index (κ3) is 5.61. The molecule has 0 aliphatic rings. The smallest absolute Gasteiger partial charge is 0.311 e. The molecule has 0 aliphatic heterocycles. The first-order valence-electron chi connectivity index (χ1n) is 7.91. The molecule has 1 aromatic carbocycles. The lowest BCUT2D eigenvalue weighted by Crippen LogP contribution is -2.38. The predicted molar refractivity (Wildman–Crippen MR) is 87.9 cm³/mol. The van der Waals surface area contributed by atoms with Gasteiger partial charge in [-0.05, 0) is 19.4 Å². The molecule has 130 valence electrons. The van der Waals surface area contributed by atoms with Gasteiger partial charge >= 0.3 is 5.97 Å². The van der Waals surface area contributed by atoms with E-state index in [1.54, 1.807) is 21.1 Å².